The van der Waals surface area contributed by atoms with Crippen molar-refractivity contribution in [1.29, 1.82) is 0 Å². The van der Waals surface area contributed by atoms with Gasteiger partial charge < -0.3 is 4.74 Å². The smallest absolute Gasteiger partial charge is 0.119 e. The predicted octanol–water partition coefficient (Wildman–Crippen LogP) is 4.92. The highest BCUT2D eigenvalue weighted by Gasteiger charge is 2.24. The fraction of sp³-hybridized carbons (Fsp3) is 0.529. The molecule has 1 fully saturated rings. The number of benzene rings is 1. The van der Waals surface area contributed by atoms with Gasteiger partial charge in [0.25, 0.3) is 0 Å². The van der Waals surface area contributed by atoms with Crippen molar-refractivity contribution in [3.8, 4) is 5.75 Å². The van der Waals surface area contributed by atoms with Gasteiger partial charge in [0, 0.05) is 0 Å². The third kappa shape index (κ3) is 3.38. The zero-order valence-electron chi connectivity index (χ0n) is 11.6. The average molecular weight is 244 g/mol. The van der Waals surface area contributed by atoms with E-state index in [1.807, 2.05) is 6.08 Å². The standard InChI is InChI=1S/C17H24O/c1-4-15-8-10-16(11-9-15)18-17-12-13(2)6-5-7-14(17)3/h4,8-11,13-14,17H,1,5-7,12H2,2-3H3. The van der Waals surface area contributed by atoms with Gasteiger partial charge in [-0.05, 0) is 42.4 Å². The minimum absolute atomic E-state index is 0.372. The molecule has 1 saturated carbocycles. The maximum atomic E-state index is 6.18. The van der Waals surface area contributed by atoms with Gasteiger partial charge >= 0.3 is 0 Å². The first-order valence-corrected chi connectivity index (χ1v) is 7.08. The molecule has 0 aliphatic heterocycles. The van der Waals surface area contributed by atoms with Crippen LogP contribution in [-0.4, -0.2) is 6.10 Å². The maximum absolute atomic E-state index is 6.18. The quantitative estimate of drug-likeness (QED) is 0.685. The fourth-order valence-corrected chi connectivity index (χ4v) is 2.74. The van der Waals surface area contributed by atoms with Gasteiger partial charge in [-0.3, -0.25) is 0 Å². The Labute approximate surface area is 111 Å². The molecule has 1 aromatic rings. The molecule has 3 unspecified atom stereocenters. The molecular weight excluding hydrogens is 220 g/mol. The highest BCUT2D eigenvalue weighted by atomic mass is 16.5. The maximum Gasteiger partial charge on any atom is 0.119 e. The molecule has 0 amide bonds. The van der Waals surface area contributed by atoms with Gasteiger partial charge in [0.2, 0.25) is 0 Å². The van der Waals surface area contributed by atoms with Crippen molar-refractivity contribution in [2.24, 2.45) is 11.8 Å². The van der Waals surface area contributed by atoms with Crippen molar-refractivity contribution >= 4 is 6.08 Å². The van der Waals surface area contributed by atoms with Crippen LogP contribution in [-0.2, 0) is 0 Å². The van der Waals surface area contributed by atoms with Gasteiger partial charge in [-0.1, -0.05) is 51.5 Å². The minimum atomic E-state index is 0.372. The number of hydrogen-bond donors (Lipinski definition) is 0. The van der Waals surface area contributed by atoms with Crippen molar-refractivity contribution in [2.75, 3.05) is 0 Å². The van der Waals surface area contributed by atoms with Crippen molar-refractivity contribution in [1.82, 2.24) is 0 Å². The van der Waals surface area contributed by atoms with Gasteiger partial charge in [0.05, 0.1) is 0 Å². The Kier molecular flexibility index (Phi) is 4.46. The topological polar surface area (TPSA) is 9.23 Å². The summed E-state index contributed by atoms with van der Waals surface area (Å²) in [6.45, 7) is 8.43. The van der Waals surface area contributed by atoms with E-state index >= 15 is 0 Å². The molecule has 0 heterocycles. The van der Waals surface area contributed by atoms with E-state index in [1.165, 1.54) is 25.7 Å². The number of hydrogen-bond acceptors (Lipinski definition) is 1. The van der Waals surface area contributed by atoms with Crippen LogP contribution in [0.5, 0.6) is 5.75 Å². The first-order chi connectivity index (χ1) is 8.69. The van der Waals surface area contributed by atoms with Crippen LogP contribution >= 0.6 is 0 Å². The van der Waals surface area contributed by atoms with E-state index < -0.39 is 0 Å². The molecule has 0 N–H and O–H groups in total. The van der Waals surface area contributed by atoms with Crippen molar-refractivity contribution in [3.63, 3.8) is 0 Å². The Morgan fingerprint density at radius 2 is 1.89 bits per heavy atom. The minimum Gasteiger partial charge on any atom is -0.490 e. The van der Waals surface area contributed by atoms with Gasteiger partial charge in [-0.25, -0.2) is 0 Å². The molecule has 1 aliphatic carbocycles. The first-order valence-electron chi connectivity index (χ1n) is 7.08. The summed E-state index contributed by atoms with van der Waals surface area (Å²) in [5, 5.41) is 0. The molecule has 2 rings (SSSR count). The largest absolute Gasteiger partial charge is 0.490 e. The zero-order chi connectivity index (χ0) is 13.0. The molecule has 0 saturated heterocycles. The fourth-order valence-electron chi connectivity index (χ4n) is 2.74. The Morgan fingerprint density at radius 1 is 1.17 bits per heavy atom. The summed E-state index contributed by atoms with van der Waals surface area (Å²) in [6, 6.07) is 8.23. The second kappa shape index (κ2) is 6.08. The SMILES string of the molecule is C=Cc1ccc(OC2CC(C)CCCC2C)cc1. The van der Waals surface area contributed by atoms with Crippen molar-refractivity contribution < 1.29 is 4.74 Å². The summed E-state index contributed by atoms with van der Waals surface area (Å²) in [5.74, 6) is 2.44. The molecule has 18 heavy (non-hydrogen) atoms. The van der Waals surface area contributed by atoms with Crippen LogP contribution in [0.15, 0.2) is 30.8 Å². The van der Waals surface area contributed by atoms with Gasteiger partial charge in [-0.15, -0.1) is 0 Å². The normalized spacial score (nSPS) is 28.4. The Balaban J connectivity index is 2.03. The lowest BCUT2D eigenvalue weighted by Crippen LogP contribution is -2.25. The van der Waals surface area contributed by atoms with Crippen LogP contribution in [0.25, 0.3) is 6.08 Å². The number of rotatable bonds is 3. The van der Waals surface area contributed by atoms with Gasteiger partial charge in [0.15, 0.2) is 0 Å². The Morgan fingerprint density at radius 3 is 2.56 bits per heavy atom. The Hall–Kier alpha value is -1.24. The van der Waals surface area contributed by atoms with E-state index in [2.05, 4.69) is 44.7 Å². The summed E-state index contributed by atoms with van der Waals surface area (Å²) < 4.78 is 6.18. The molecule has 1 heteroatoms. The third-order valence-corrected chi connectivity index (χ3v) is 4.03. The van der Waals surface area contributed by atoms with Crippen LogP contribution in [0.4, 0.5) is 0 Å². The Bertz CT molecular complexity index is 379. The number of ether oxygens (including phenoxy) is 1. The molecule has 1 nitrogen and oxygen atoms in total. The van der Waals surface area contributed by atoms with E-state index in [0.717, 1.165) is 17.2 Å². The van der Waals surface area contributed by atoms with Crippen LogP contribution in [0.1, 0.15) is 45.1 Å². The van der Waals surface area contributed by atoms with Crippen molar-refractivity contribution in [3.05, 3.63) is 36.4 Å². The monoisotopic (exact) mass is 244 g/mol. The molecule has 0 bridgehead atoms. The highest BCUT2D eigenvalue weighted by molar-refractivity contribution is 5.48. The molecule has 0 aromatic heterocycles. The molecule has 1 aliphatic rings. The van der Waals surface area contributed by atoms with Crippen LogP contribution in [0, 0.1) is 11.8 Å². The summed E-state index contributed by atoms with van der Waals surface area (Å²) in [5.41, 5.74) is 1.14. The van der Waals surface area contributed by atoms with E-state index in [9.17, 15) is 0 Å². The van der Waals surface area contributed by atoms with E-state index in [1.54, 1.807) is 0 Å². The van der Waals surface area contributed by atoms with Gasteiger partial charge in [-0.2, -0.15) is 0 Å². The van der Waals surface area contributed by atoms with Crippen molar-refractivity contribution in [2.45, 2.75) is 45.6 Å². The lowest BCUT2D eigenvalue weighted by Gasteiger charge is -2.24. The summed E-state index contributed by atoms with van der Waals surface area (Å²) in [4.78, 5) is 0. The molecule has 1 aromatic carbocycles. The summed E-state index contributed by atoms with van der Waals surface area (Å²) in [7, 11) is 0. The van der Waals surface area contributed by atoms with Crippen LogP contribution in [0.2, 0.25) is 0 Å². The molecule has 98 valence electrons. The second-order valence-corrected chi connectivity index (χ2v) is 5.68. The molecule has 3 atom stereocenters. The molecule has 0 spiro atoms. The van der Waals surface area contributed by atoms with Crippen LogP contribution < -0.4 is 4.74 Å². The lowest BCUT2D eigenvalue weighted by atomic mass is 9.97. The molecule has 0 radical (unpaired) electrons. The first kappa shape index (κ1) is 13.2. The summed E-state index contributed by atoms with van der Waals surface area (Å²) >= 11 is 0. The highest BCUT2D eigenvalue weighted by Crippen LogP contribution is 2.30. The lowest BCUT2D eigenvalue weighted by molar-refractivity contribution is 0.125. The van der Waals surface area contributed by atoms with Gasteiger partial charge in [0.1, 0.15) is 11.9 Å². The molecular formula is C17H24O. The van der Waals surface area contributed by atoms with E-state index in [4.69, 9.17) is 4.74 Å². The third-order valence-electron chi connectivity index (χ3n) is 4.03. The summed E-state index contributed by atoms with van der Waals surface area (Å²) in [6.07, 6.45) is 7.40. The average Bonchev–Trinajstić information content (AvgIpc) is 2.53. The van der Waals surface area contributed by atoms with E-state index in [-0.39, 0.29) is 0 Å². The van der Waals surface area contributed by atoms with Crippen LogP contribution in [0.3, 0.4) is 0 Å². The second-order valence-electron chi connectivity index (χ2n) is 5.68. The predicted molar refractivity (Wildman–Crippen MR) is 77.7 cm³/mol. The zero-order valence-corrected chi connectivity index (χ0v) is 11.6. The van der Waals surface area contributed by atoms with E-state index in [0.29, 0.717) is 12.0 Å².